The Morgan fingerprint density at radius 2 is 1.67 bits per heavy atom. The van der Waals surface area contributed by atoms with E-state index in [9.17, 15) is 19.8 Å². The summed E-state index contributed by atoms with van der Waals surface area (Å²) in [6.45, 7) is 2.53. The van der Waals surface area contributed by atoms with Crippen molar-refractivity contribution >= 4 is 11.9 Å². The smallest absolute Gasteiger partial charge is 0.0743 e. The van der Waals surface area contributed by atoms with Crippen LogP contribution in [-0.4, -0.2) is 16.5 Å². The van der Waals surface area contributed by atoms with E-state index in [0.717, 1.165) is 12.0 Å². The lowest BCUT2D eigenvalue weighted by Gasteiger charge is -2.12. The van der Waals surface area contributed by atoms with Gasteiger partial charge in [-0.15, -0.1) is 0 Å². The molecule has 0 aliphatic carbocycles. The summed E-state index contributed by atoms with van der Waals surface area (Å²) in [5.41, 5.74) is 2.14. The molecule has 108 valence electrons. The van der Waals surface area contributed by atoms with E-state index in [1.54, 1.807) is 16.7 Å². The first-order valence-corrected chi connectivity index (χ1v) is 6.75. The zero-order valence-electron chi connectivity index (χ0n) is 11.5. The normalized spacial score (nSPS) is 13.2. The number of carboxylic acid groups (broad SMARTS) is 2. The summed E-state index contributed by atoms with van der Waals surface area (Å²) in [4.78, 5) is 22.8. The van der Waals surface area contributed by atoms with Gasteiger partial charge in [0.05, 0.1) is 17.6 Å². The molecule has 0 unspecified atom stereocenters. The number of hydrogen-bond donors (Lipinski definition) is 0. The Hall–Kier alpha value is -2.56. The zero-order chi connectivity index (χ0) is 15.1. The number of rotatable bonds is 3. The largest absolute Gasteiger partial charge is 0.545 e. The minimum absolute atomic E-state index is 0.233. The number of carbonyl (C=O) groups is 2. The summed E-state index contributed by atoms with van der Waals surface area (Å²) in [5.74, 6) is -2.94. The summed E-state index contributed by atoms with van der Waals surface area (Å²) in [6.07, 6.45) is 1.33. The molecule has 2 aromatic rings. The maximum atomic E-state index is 11.5. The van der Waals surface area contributed by atoms with E-state index in [4.69, 9.17) is 0 Å². The molecule has 21 heavy (non-hydrogen) atoms. The minimum Gasteiger partial charge on any atom is -0.545 e. The molecule has 3 rings (SSSR count). The lowest BCUT2D eigenvalue weighted by molar-refractivity contribution is -0.259. The Kier molecular flexibility index (Phi) is 3.05. The van der Waals surface area contributed by atoms with Crippen molar-refractivity contribution in [2.24, 2.45) is 0 Å². The van der Waals surface area contributed by atoms with E-state index >= 15 is 0 Å². The van der Waals surface area contributed by atoms with Crippen molar-refractivity contribution in [2.45, 2.75) is 26.3 Å². The predicted octanol–water partition coefficient (Wildman–Crippen LogP) is 0.137. The summed E-state index contributed by atoms with van der Waals surface area (Å²) >= 11 is 0. The Labute approximate surface area is 121 Å². The Morgan fingerprint density at radius 1 is 1.05 bits per heavy atom. The number of nitrogens with zero attached hydrogens (tertiary/aromatic N) is 1. The first-order chi connectivity index (χ1) is 10.0. The van der Waals surface area contributed by atoms with Gasteiger partial charge in [-0.25, -0.2) is 0 Å². The van der Waals surface area contributed by atoms with Crippen molar-refractivity contribution in [3.8, 4) is 11.3 Å². The highest BCUT2D eigenvalue weighted by Gasteiger charge is 2.27. The van der Waals surface area contributed by atoms with Crippen LogP contribution in [0.25, 0.3) is 11.3 Å². The molecule has 0 saturated carbocycles. The molecule has 1 aromatic carbocycles. The van der Waals surface area contributed by atoms with Gasteiger partial charge in [0.15, 0.2) is 0 Å². The number of aryl methyl sites for hydroxylation is 1. The molecule has 1 aliphatic rings. The van der Waals surface area contributed by atoms with Crippen molar-refractivity contribution in [3.05, 3.63) is 46.6 Å². The maximum absolute atomic E-state index is 11.5. The van der Waals surface area contributed by atoms with E-state index < -0.39 is 11.9 Å². The van der Waals surface area contributed by atoms with Crippen LogP contribution in [0.3, 0.4) is 0 Å². The van der Waals surface area contributed by atoms with Crippen molar-refractivity contribution in [1.29, 1.82) is 0 Å². The van der Waals surface area contributed by atoms with E-state index in [1.807, 2.05) is 19.1 Å². The van der Waals surface area contributed by atoms with Gasteiger partial charge in [-0.05, 0) is 25.3 Å². The third-order valence-corrected chi connectivity index (χ3v) is 3.90. The number of fused-ring (bicyclic) bond motifs is 1. The number of hydrogen-bond acceptors (Lipinski definition) is 4. The molecule has 0 amide bonds. The van der Waals surface area contributed by atoms with Gasteiger partial charge in [-0.1, -0.05) is 29.8 Å². The fraction of sp³-hybridized carbons (Fsp3) is 0.250. The molecule has 0 fully saturated rings. The van der Waals surface area contributed by atoms with Gasteiger partial charge in [0.1, 0.15) is 0 Å². The first-order valence-electron chi connectivity index (χ1n) is 6.75. The summed E-state index contributed by atoms with van der Waals surface area (Å²) in [7, 11) is 0. The molecule has 1 aliphatic heterocycles. The molecule has 5 heteroatoms. The van der Waals surface area contributed by atoms with E-state index in [-0.39, 0.29) is 11.1 Å². The molecule has 5 nitrogen and oxygen atoms in total. The zero-order valence-corrected chi connectivity index (χ0v) is 11.5. The lowest BCUT2D eigenvalue weighted by atomic mass is 10.0. The highest BCUT2D eigenvalue weighted by atomic mass is 16.4. The molecule has 0 N–H and O–H groups in total. The van der Waals surface area contributed by atoms with E-state index in [2.05, 4.69) is 0 Å². The average Bonchev–Trinajstić information content (AvgIpc) is 2.98. The van der Waals surface area contributed by atoms with Crippen LogP contribution >= 0.6 is 0 Å². The molecule has 0 atom stereocenters. The fourth-order valence-electron chi connectivity index (χ4n) is 3.01. The molecule has 0 bridgehead atoms. The second kappa shape index (κ2) is 4.77. The van der Waals surface area contributed by atoms with Gasteiger partial charge in [0.25, 0.3) is 0 Å². The second-order valence-corrected chi connectivity index (χ2v) is 5.24. The van der Waals surface area contributed by atoms with Gasteiger partial charge in [0.2, 0.25) is 0 Å². The van der Waals surface area contributed by atoms with Crippen molar-refractivity contribution < 1.29 is 19.8 Å². The number of aromatic nitrogens is 1. The minimum atomic E-state index is -1.48. The monoisotopic (exact) mass is 283 g/mol. The topological polar surface area (TPSA) is 85.2 Å². The van der Waals surface area contributed by atoms with Gasteiger partial charge in [-0.3, -0.25) is 0 Å². The van der Waals surface area contributed by atoms with Crippen LogP contribution in [0.2, 0.25) is 0 Å². The van der Waals surface area contributed by atoms with Crippen LogP contribution in [0.1, 0.15) is 38.4 Å². The molecule has 0 radical (unpaired) electrons. The molecular weight excluding hydrogens is 270 g/mol. The Balaban J connectivity index is 2.33. The van der Waals surface area contributed by atoms with Crippen molar-refractivity contribution in [3.63, 3.8) is 0 Å². The van der Waals surface area contributed by atoms with Crippen LogP contribution < -0.4 is 10.2 Å². The van der Waals surface area contributed by atoms with Crippen LogP contribution in [0.4, 0.5) is 0 Å². The SMILES string of the molecule is Cc1ccc(-c2c(C(=O)[O-])c(C(=O)[O-])c3n2CCC3)cc1. The third-order valence-electron chi connectivity index (χ3n) is 3.90. The van der Waals surface area contributed by atoms with E-state index in [0.29, 0.717) is 29.9 Å². The number of benzene rings is 1. The quantitative estimate of drug-likeness (QED) is 0.801. The van der Waals surface area contributed by atoms with Gasteiger partial charge in [0, 0.05) is 23.4 Å². The van der Waals surface area contributed by atoms with Gasteiger partial charge in [-0.2, -0.15) is 0 Å². The second-order valence-electron chi connectivity index (χ2n) is 5.24. The standard InChI is InChI=1S/C16H15NO4/c1-9-4-6-10(7-5-9)14-13(16(20)21)12(15(18)19)11-3-2-8-17(11)14/h4-7H,2-3,8H2,1H3,(H,18,19)(H,20,21)/p-2. The third kappa shape index (κ3) is 2.01. The van der Waals surface area contributed by atoms with E-state index in [1.165, 1.54) is 0 Å². The number of carbonyl (C=O) groups excluding carboxylic acids is 2. The van der Waals surface area contributed by atoms with Crippen molar-refractivity contribution in [2.75, 3.05) is 0 Å². The first kappa shape index (κ1) is 13.4. The molecule has 0 spiro atoms. The highest BCUT2D eigenvalue weighted by molar-refractivity contribution is 6.06. The summed E-state index contributed by atoms with van der Waals surface area (Å²) in [5, 5.41) is 22.8. The molecule has 0 saturated heterocycles. The highest BCUT2D eigenvalue weighted by Crippen LogP contribution is 2.35. The number of aromatic carboxylic acids is 2. The number of carboxylic acids is 2. The fourth-order valence-corrected chi connectivity index (χ4v) is 3.01. The van der Waals surface area contributed by atoms with Crippen LogP contribution in [0.15, 0.2) is 24.3 Å². The Morgan fingerprint density at radius 3 is 2.24 bits per heavy atom. The predicted molar refractivity (Wildman–Crippen MR) is 71.6 cm³/mol. The average molecular weight is 283 g/mol. The lowest BCUT2D eigenvalue weighted by Crippen LogP contribution is -2.30. The van der Waals surface area contributed by atoms with Crippen LogP contribution in [0.5, 0.6) is 0 Å². The van der Waals surface area contributed by atoms with Crippen LogP contribution in [-0.2, 0) is 13.0 Å². The Bertz CT molecular complexity index is 741. The molecule has 2 heterocycles. The molecular formula is C16H13NO4-2. The van der Waals surface area contributed by atoms with Crippen LogP contribution in [0, 0.1) is 6.92 Å². The van der Waals surface area contributed by atoms with Crippen molar-refractivity contribution in [1.82, 2.24) is 4.57 Å². The summed E-state index contributed by atoms with van der Waals surface area (Å²) in [6, 6.07) is 7.31. The summed E-state index contributed by atoms with van der Waals surface area (Å²) < 4.78 is 1.76. The van der Waals surface area contributed by atoms with Gasteiger partial charge >= 0.3 is 0 Å². The maximum Gasteiger partial charge on any atom is 0.0743 e. The van der Waals surface area contributed by atoms with Gasteiger partial charge < -0.3 is 24.4 Å². The molecule has 1 aromatic heterocycles.